The van der Waals surface area contributed by atoms with E-state index in [1.165, 1.54) is 0 Å². The summed E-state index contributed by atoms with van der Waals surface area (Å²) in [7, 11) is 3.64. The van der Waals surface area contributed by atoms with Gasteiger partial charge in [0.25, 0.3) is 0 Å². The van der Waals surface area contributed by atoms with Gasteiger partial charge in [-0.05, 0) is 26.3 Å². The number of nitrogens with zero attached hydrogens (tertiary/aromatic N) is 4. The summed E-state index contributed by atoms with van der Waals surface area (Å²) in [5.41, 5.74) is 2.05. The topological polar surface area (TPSA) is 89.5 Å². The summed E-state index contributed by atoms with van der Waals surface area (Å²) >= 11 is 0. The van der Waals surface area contributed by atoms with Crippen molar-refractivity contribution in [1.82, 2.24) is 25.4 Å². The molecule has 0 amide bonds. The number of furan rings is 1. The largest absolute Gasteiger partial charge is 0.459 e. The molecule has 3 aromatic rings. The molecule has 1 aromatic carbocycles. The van der Waals surface area contributed by atoms with Gasteiger partial charge in [-0.1, -0.05) is 18.2 Å². The van der Waals surface area contributed by atoms with E-state index in [1.54, 1.807) is 7.11 Å². The van der Waals surface area contributed by atoms with Crippen LogP contribution in [0, 0.1) is 13.8 Å². The molecular weight excluding hydrogens is 483 g/mol. The minimum Gasteiger partial charge on any atom is -0.459 e. The van der Waals surface area contributed by atoms with Gasteiger partial charge in [0.15, 0.2) is 11.8 Å². The van der Waals surface area contributed by atoms with Crippen molar-refractivity contribution in [2.75, 3.05) is 20.3 Å². The molecule has 2 heterocycles. The molecule has 0 radical (unpaired) electrons. The number of aryl methyl sites for hydroxylation is 2. The average molecular weight is 512 g/mol. The van der Waals surface area contributed by atoms with Crippen molar-refractivity contribution in [3.05, 3.63) is 47.2 Å². The van der Waals surface area contributed by atoms with E-state index in [-0.39, 0.29) is 24.0 Å². The summed E-state index contributed by atoms with van der Waals surface area (Å²) in [6, 6.07) is 8.07. The highest BCUT2D eigenvalue weighted by Crippen LogP contribution is 2.24. The first-order valence-corrected chi connectivity index (χ1v) is 9.43. The van der Waals surface area contributed by atoms with Crippen LogP contribution in [-0.4, -0.2) is 41.0 Å². The van der Waals surface area contributed by atoms with E-state index in [1.807, 2.05) is 36.7 Å². The maximum atomic E-state index is 5.99. The lowest BCUT2D eigenvalue weighted by molar-refractivity contribution is 0.195. The lowest BCUT2D eigenvalue weighted by Crippen LogP contribution is -2.38. The van der Waals surface area contributed by atoms with Gasteiger partial charge in [0.05, 0.1) is 6.54 Å². The molecule has 29 heavy (non-hydrogen) atoms. The van der Waals surface area contributed by atoms with Gasteiger partial charge in [0, 0.05) is 38.3 Å². The van der Waals surface area contributed by atoms with Gasteiger partial charge in [-0.3, -0.25) is 0 Å². The lowest BCUT2D eigenvalue weighted by Gasteiger charge is -2.12. The zero-order chi connectivity index (χ0) is 19.9. The van der Waals surface area contributed by atoms with Crippen LogP contribution in [0.5, 0.6) is 0 Å². The monoisotopic (exact) mass is 512 g/mol. The predicted octanol–water partition coefficient (Wildman–Crippen LogP) is 3.07. The first-order chi connectivity index (χ1) is 13.6. The Kier molecular flexibility index (Phi) is 8.90. The van der Waals surface area contributed by atoms with Gasteiger partial charge in [-0.15, -0.1) is 34.2 Å². The summed E-state index contributed by atoms with van der Waals surface area (Å²) in [6.07, 6.45) is 0.893. The van der Waals surface area contributed by atoms with E-state index in [2.05, 4.69) is 38.8 Å². The number of nitrogens with one attached hydrogen (secondary N) is 2. The molecule has 0 saturated heterocycles. The van der Waals surface area contributed by atoms with Crippen LogP contribution in [0.3, 0.4) is 0 Å². The van der Waals surface area contributed by atoms with Crippen LogP contribution in [0.2, 0.25) is 0 Å². The minimum atomic E-state index is 0. The number of aromatic nitrogens is 3. The van der Waals surface area contributed by atoms with E-state index < -0.39 is 0 Å². The molecule has 0 spiro atoms. The number of ether oxygens (including phenoxy) is 1. The van der Waals surface area contributed by atoms with Crippen LogP contribution < -0.4 is 10.6 Å². The van der Waals surface area contributed by atoms with Crippen LogP contribution in [0.25, 0.3) is 11.0 Å². The molecule has 0 saturated carbocycles. The number of halogens is 1. The van der Waals surface area contributed by atoms with Crippen molar-refractivity contribution in [3.63, 3.8) is 0 Å². The van der Waals surface area contributed by atoms with E-state index in [0.717, 1.165) is 46.9 Å². The molecule has 158 valence electrons. The third-order valence-electron chi connectivity index (χ3n) is 4.74. The number of hydrogen-bond donors (Lipinski definition) is 2. The van der Waals surface area contributed by atoms with Gasteiger partial charge < -0.3 is 24.4 Å². The van der Waals surface area contributed by atoms with Gasteiger partial charge in [0.1, 0.15) is 23.7 Å². The molecule has 0 aliphatic heterocycles. The number of rotatable bonds is 8. The Labute approximate surface area is 188 Å². The van der Waals surface area contributed by atoms with Crippen LogP contribution in [0.15, 0.2) is 33.7 Å². The molecule has 0 aliphatic carbocycles. The van der Waals surface area contributed by atoms with Crippen LogP contribution >= 0.6 is 24.0 Å². The van der Waals surface area contributed by atoms with E-state index >= 15 is 0 Å². The molecule has 3 rings (SSSR count). The maximum Gasteiger partial charge on any atom is 0.192 e. The summed E-state index contributed by atoms with van der Waals surface area (Å²) in [4.78, 5) is 4.65. The summed E-state index contributed by atoms with van der Waals surface area (Å²) < 4.78 is 13.0. The second-order valence-corrected chi connectivity index (χ2v) is 6.66. The fourth-order valence-corrected chi connectivity index (χ4v) is 2.89. The number of fused-ring (bicyclic) bond motifs is 1. The predicted molar refractivity (Wildman–Crippen MR) is 125 cm³/mol. The molecule has 9 heteroatoms. The fraction of sp³-hybridized carbons (Fsp3) is 0.450. The Hall–Kier alpha value is -2.14. The number of guanidine groups is 1. The van der Waals surface area contributed by atoms with Gasteiger partial charge in [-0.25, -0.2) is 4.99 Å². The third kappa shape index (κ3) is 5.92. The summed E-state index contributed by atoms with van der Waals surface area (Å²) in [5, 5.41) is 16.1. The van der Waals surface area contributed by atoms with E-state index in [9.17, 15) is 0 Å². The quantitative estimate of drug-likeness (QED) is 0.209. The lowest BCUT2D eigenvalue weighted by atomic mass is 10.1. The third-order valence-corrected chi connectivity index (χ3v) is 4.74. The summed E-state index contributed by atoms with van der Waals surface area (Å²) in [6.45, 7) is 6.45. The zero-order valence-electron chi connectivity index (χ0n) is 17.4. The molecule has 8 nitrogen and oxygen atoms in total. The number of hydrogen-bond acceptors (Lipinski definition) is 5. The molecule has 2 N–H and O–H groups in total. The van der Waals surface area contributed by atoms with Gasteiger partial charge in [0.2, 0.25) is 0 Å². The van der Waals surface area contributed by atoms with Crippen molar-refractivity contribution in [1.29, 1.82) is 0 Å². The molecule has 0 aliphatic rings. The maximum absolute atomic E-state index is 5.99. The molecule has 0 fully saturated rings. The van der Waals surface area contributed by atoms with Crippen LogP contribution in [0.1, 0.15) is 29.4 Å². The minimum absolute atomic E-state index is 0. The normalized spacial score (nSPS) is 11.5. The highest BCUT2D eigenvalue weighted by molar-refractivity contribution is 14.0. The Bertz CT molecular complexity index is 950. The number of aliphatic imine (C=N–C) groups is 1. The molecule has 0 atom stereocenters. The first kappa shape index (κ1) is 23.1. The molecule has 2 aromatic heterocycles. The summed E-state index contributed by atoms with van der Waals surface area (Å²) in [5.74, 6) is 3.29. The van der Waals surface area contributed by atoms with Crippen LogP contribution in [-0.2, 0) is 24.9 Å². The Balaban J connectivity index is 0.00000300. The SMILES string of the molecule is COCCCNC(=NCc1nnc(C)n1C)NCc1oc2ccccc2c1C.I. The Morgan fingerprint density at radius 3 is 2.69 bits per heavy atom. The first-order valence-electron chi connectivity index (χ1n) is 9.43. The number of para-hydroxylation sites is 1. The zero-order valence-corrected chi connectivity index (χ0v) is 19.7. The van der Waals surface area contributed by atoms with Crippen molar-refractivity contribution in [2.45, 2.75) is 33.4 Å². The fourth-order valence-electron chi connectivity index (χ4n) is 2.89. The molecular formula is C20H29IN6O2. The second kappa shape index (κ2) is 11.1. The number of methoxy groups -OCH3 is 1. The smallest absolute Gasteiger partial charge is 0.192 e. The molecule has 0 unspecified atom stereocenters. The van der Waals surface area contributed by atoms with E-state index in [0.29, 0.717) is 25.7 Å². The van der Waals surface area contributed by atoms with Gasteiger partial charge >= 0.3 is 0 Å². The van der Waals surface area contributed by atoms with Crippen molar-refractivity contribution in [3.8, 4) is 0 Å². The molecule has 0 bridgehead atoms. The highest BCUT2D eigenvalue weighted by Gasteiger charge is 2.11. The van der Waals surface area contributed by atoms with Gasteiger partial charge in [-0.2, -0.15) is 0 Å². The van der Waals surface area contributed by atoms with Crippen LogP contribution in [0.4, 0.5) is 0 Å². The highest BCUT2D eigenvalue weighted by atomic mass is 127. The average Bonchev–Trinajstić information content (AvgIpc) is 3.20. The van der Waals surface area contributed by atoms with Crippen molar-refractivity contribution >= 4 is 40.9 Å². The van der Waals surface area contributed by atoms with Crippen molar-refractivity contribution < 1.29 is 9.15 Å². The standard InChI is InChI=1S/C20H28N6O2.HI/c1-14-16-8-5-6-9-17(16)28-18(14)12-22-20(21-10-7-11-27-4)23-13-19-25-24-15(2)26(19)3;/h5-6,8-9H,7,10-13H2,1-4H3,(H2,21,22,23);1H. The van der Waals surface area contributed by atoms with Crippen molar-refractivity contribution in [2.24, 2.45) is 12.0 Å². The Morgan fingerprint density at radius 1 is 1.21 bits per heavy atom. The van der Waals surface area contributed by atoms with E-state index in [4.69, 9.17) is 9.15 Å². The number of benzene rings is 1. The second-order valence-electron chi connectivity index (χ2n) is 6.66. The Morgan fingerprint density at radius 2 is 2.00 bits per heavy atom.